The Labute approximate surface area is 135 Å². The van der Waals surface area contributed by atoms with Gasteiger partial charge >= 0.3 is 0 Å². The van der Waals surface area contributed by atoms with Gasteiger partial charge in [0, 0.05) is 30.1 Å². The van der Waals surface area contributed by atoms with Crippen LogP contribution in [0.4, 0.5) is 0 Å². The first-order chi connectivity index (χ1) is 10.2. The van der Waals surface area contributed by atoms with Gasteiger partial charge in [0.25, 0.3) is 0 Å². The van der Waals surface area contributed by atoms with Crippen molar-refractivity contribution in [2.75, 3.05) is 6.54 Å². The second kappa shape index (κ2) is 6.47. The van der Waals surface area contributed by atoms with Crippen LogP contribution in [0, 0.1) is 5.92 Å². The molecule has 1 fully saturated rings. The zero-order valence-corrected chi connectivity index (χ0v) is 14.1. The van der Waals surface area contributed by atoms with E-state index >= 15 is 0 Å². The Morgan fingerprint density at radius 1 is 1.33 bits per heavy atom. The second-order valence-electron chi connectivity index (χ2n) is 6.05. The fraction of sp³-hybridized carbons (Fsp3) is 0.471. The molecule has 2 aromatic rings. The van der Waals surface area contributed by atoms with Gasteiger partial charge in [-0.25, -0.2) is 4.98 Å². The van der Waals surface area contributed by atoms with E-state index in [2.05, 4.69) is 53.4 Å². The molecule has 0 saturated carbocycles. The lowest BCUT2D eigenvalue weighted by Gasteiger charge is -2.22. The van der Waals surface area contributed by atoms with Crippen LogP contribution in [0.25, 0.3) is 10.6 Å². The summed E-state index contributed by atoms with van der Waals surface area (Å²) in [4.78, 5) is 7.22. The summed E-state index contributed by atoms with van der Waals surface area (Å²) in [6.45, 7) is 6.88. The van der Waals surface area contributed by atoms with Gasteiger partial charge in [-0.2, -0.15) is 0 Å². The molecule has 1 aliphatic rings. The Hall–Kier alpha value is -0.900. The molecule has 1 aliphatic heterocycles. The largest absolute Gasteiger partial charge is 0.296 e. The zero-order valence-electron chi connectivity index (χ0n) is 12.6. The molecule has 1 aromatic heterocycles. The van der Waals surface area contributed by atoms with Crippen molar-refractivity contribution in [2.24, 2.45) is 5.92 Å². The topological polar surface area (TPSA) is 16.1 Å². The molecule has 2 atom stereocenters. The van der Waals surface area contributed by atoms with E-state index in [4.69, 9.17) is 11.6 Å². The Balaban J connectivity index is 1.86. The van der Waals surface area contributed by atoms with Gasteiger partial charge in [0.1, 0.15) is 5.01 Å². The van der Waals surface area contributed by atoms with Crippen molar-refractivity contribution in [1.82, 2.24) is 9.88 Å². The lowest BCUT2D eigenvalue weighted by atomic mass is 10.1. The summed E-state index contributed by atoms with van der Waals surface area (Å²) in [7, 11) is 0. The molecule has 0 bridgehead atoms. The highest BCUT2D eigenvalue weighted by Gasteiger charge is 2.26. The Morgan fingerprint density at radius 2 is 2.14 bits per heavy atom. The molecular weight excluding hydrogens is 300 g/mol. The van der Waals surface area contributed by atoms with Crippen molar-refractivity contribution in [2.45, 2.75) is 38.7 Å². The normalized spacial score (nSPS) is 22.8. The van der Waals surface area contributed by atoms with Gasteiger partial charge in [-0.05, 0) is 24.8 Å². The SMILES string of the molecule is CC1CC(C)N(Cc2ccccc2-c2nc(CCl)cs2)C1. The van der Waals surface area contributed by atoms with Gasteiger partial charge in [-0.15, -0.1) is 22.9 Å². The van der Waals surface area contributed by atoms with Gasteiger partial charge in [-0.1, -0.05) is 31.2 Å². The van der Waals surface area contributed by atoms with Crippen molar-refractivity contribution in [3.05, 3.63) is 40.9 Å². The molecule has 1 saturated heterocycles. The highest BCUT2D eigenvalue weighted by molar-refractivity contribution is 7.13. The minimum absolute atomic E-state index is 0.485. The molecule has 0 spiro atoms. The smallest absolute Gasteiger partial charge is 0.123 e. The summed E-state index contributed by atoms with van der Waals surface area (Å²) in [6.07, 6.45) is 1.30. The Morgan fingerprint density at radius 3 is 2.81 bits per heavy atom. The quantitative estimate of drug-likeness (QED) is 0.754. The monoisotopic (exact) mass is 320 g/mol. The lowest BCUT2D eigenvalue weighted by molar-refractivity contribution is 0.257. The summed E-state index contributed by atoms with van der Waals surface area (Å²) >= 11 is 7.56. The van der Waals surface area contributed by atoms with Crippen LogP contribution in [0.3, 0.4) is 0 Å². The maximum atomic E-state index is 5.88. The van der Waals surface area contributed by atoms with E-state index in [1.807, 2.05) is 0 Å². The fourth-order valence-electron chi connectivity index (χ4n) is 3.18. The molecule has 0 aliphatic carbocycles. The number of likely N-dealkylation sites (tertiary alicyclic amines) is 1. The number of halogens is 1. The number of alkyl halides is 1. The molecule has 4 heteroatoms. The number of thiazole rings is 1. The van der Waals surface area contributed by atoms with E-state index in [-0.39, 0.29) is 0 Å². The highest BCUT2D eigenvalue weighted by atomic mass is 35.5. The van der Waals surface area contributed by atoms with Crippen LogP contribution < -0.4 is 0 Å². The van der Waals surface area contributed by atoms with Crippen LogP contribution in [0.5, 0.6) is 0 Å². The number of benzene rings is 1. The van der Waals surface area contributed by atoms with Crippen molar-refractivity contribution in [3.8, 4) is 10.6 Å². The van der Waals surface area contributed by atoms with E-state index in [1.54, 1.807) is 11.3 Å². The lowest BCUT2D eigenvalue weighted by Crippen LogP contribution is -2.26. The van der Waals surface area contributed by atoms with Crippen molar-refractivity contribution in [1.29, 1.82) is 0 Å². The maximum Gasteiger partial charge on any atom is 0.123 e. The molecule has 21 heavy (non-hydrogen) atoms. The third-order valence-corrected chi connectivity index (χ3v) is 5.42. The van der Waals surface area contributed by atoms with Gasteiger partial charge in [0.2, 0.25) is 0 Å². The molecule has 2 heterocycles. The zero-order chi connectivity index (χ0) is 14.8. The number of hydrogen-bond donors (Lipinski definition) is 0. The van der Waals surface area contributed by atoms with Crippen LogP contribution in [-0.2, 0) is 12.4 Å². The minimum Gasteiger partial charge on any atom is -0.296 e. The third-order valence-electron chi connectivity index (χ3n) is 4.22. The first-order valence-corrected chi connectivity index (χ1v) is 8.91. The fourth-order valence-corrected chi connectivity index (χ4v) is 4.29. The van der Waals surface area contributed by atoms with E-state index < -0.39 is 0 Å². The molecule has 2 unspecified atom stereocenters. The van der Waals surface area contributed by atoms with Crippen LogP contribution in [-0.4, -0.2) is 22.5 Å². The Bertz CT molecular complexity index is 610. The van der Waals surface area contributed by atoms with E-state index in [0.717, 1.165) is 23.2 Å². The molecule has 0 N–H and O–H groups in total. The average Bonchev–Trinajstić information content (AvgIpc) is 3.06. The molecule has 3 rings (SSSR count). The Kier molecular flexibility index (Phi) is 4.63. The molecular formula is C17H21ClN2S. The van der Waals surface area contributed by atoms with Gasteiger partial charge in [0.05, 0.1) is 11.6 Å². The summed E-state index contributed by atoms with van der Waals surface area (Å²) in [6, 6.07) is 9.29. The molecule has 2 nitrogen and oxygen atoms in total. The van der Waals surface area contributed by atoms with Gasteiger partial charge in [-0.3, -0.25) is 4.90 Å². The van der Waals surface area contributed by atoms with Crippen molar-refractivity contribution >= 4 is 22.9 Å². The molecule has 0 amide bonds. The summed E-state index contributed by atoms with van der Waals surface area (Å²) < 4.78 is 0. The molecule has 112 valence electrons. The van der Waals surface area contributed by atoms with E-state index in [1.165, 1.54) is 24.1 Å². The third kappa shape index (κ3) is 3.31. The number of rotatable bonds is 4. The van der Waals surface area contributed by atoms with Crippen LogP contribution in [0.15, 0.2) is 29.6 Å². The number of nitrogens with zero attached hydrogens (tertiary/aromatic N) is 2. The van der Waals surface area contributed by atoms with E-state index in [0.29, 0.717) is 11.9 Å². The van der Waals surface area contributed by atoms with Crippen molar-refractivity contribution in [3.63, 3.8) is 0 Å². The average molecular weight is 321 g/mol. The van der Waals surface area contributed by atoms with Crippen LogP contribution >= 0.6 is 22.9 Å². The molecule has 1 aromatic carbocycles. The summed E-state index contributed by atoms with van der Waals surface area (Å²) in [5.41, 5.74) is 3.59. The first kappa shape index (κ1) is 15.0. The van der Waals surface area contributed by atoms with Crippen LogP contribution in [0.2, 0.25) is 0 Å². The highest BCUT2D eigenvalue weighted by Crippen LogP contribution is 2.31. The second-order valence-corrected chi connectivity index (χ2v) is 7.18. The minimum atomic E-state index is 0.485. The van der Waals surface area contributed by atoms with Gasteiger partial charge in [0.15, 0.2) is 0 Å². The standard InChI is InChI=1S/C17H21ClN2S/c1-12-7-13(2)20(9-12)10-14-5-3-4-6-16(14)17-19-15(8-18)11-21-17/h3-6,11-13H,7-10H2,1-2H3. The summed E-state index contributed by atoms with van der Waals surface area (Å²) in [5, 5.41) is 3.14. The van der Waals surface area contributed by atoms with E-state index in [9.17, 15) is 0 Å². The first-order valence-electron chi connectivity index (χ1n) is 7.50. The van der Waals surface area contributed by atoms with Crippen LogP contribution in [0.1, 0.15) is 31.5 Å². The number of aromatic nitrogens is 1. The predicted molar refractivity (Wildman–Crippen MR) is 90.8 cm³/mol. The predicted octanol–water partition coefficient (Wildman–Crippen LogP) is 4.78. The number of hydrogen-bond acceptors (Lipinski definition) is 3. The maximum absolute atomic E-state index is 5.88. The van der Waals surface area contributed by atoms with Crippen molar-refractivity contribution < 1.29 is 0 Å². The molecule has 0 radical (unpaired) electrons. The van der Waals surface area contributed by atoms with Gasteiger partial charge < -0.3 is 0 Å². The summed E-state index contributed by atoms with van der Waals surface area (Å²) in [5.74, 6) is 1.29.